The fourth-order valence-corrected chi connectivity index (χ4v) is 6.31. The number of rotatable bonds is 4. The molecule has 2 aliphatic rings. The van der Waals surface area contributed by atoms with Gasteiger partial charge in [-0.15, -0.1) is 0 Å². The van der Waals surface area contributed by atoms with Crippen LogP contribution < -0.4 is 10.0 Å². The summed E-state index contributed by atoms with van der Waals surface area (Å²) < 4.78 is 28.8. The second-order valence-corrected chi connectivity index (χ2v) is 10.9. The van der Waals surface area contributed by atoms with Gasteiger partial charge in [-0.05, 0) is 65.9 Å². The SMILES string of the molecule is O=S(=O)(Nc1cc(Cl)ccc1Cl)c1ccc2c(c1)[C@H]1C=CC[C@H]1[C@@H](c1ccccc1Cl)N2. The number of anilines is 2. The smallest absolute Gasteiger partial charge is 0.261 e. The summed E-state index contributed by atoms with van der Waals surface area (Å²) in [6.07, 6.45) is 5.20. The largest absolute Gasteiger partial charge is 0.378 e. The van der Waals surface area contributed by atoms with Gasteiger partial charge in [0.2, 0.25) is 0 Å². The minimum absolute atomic E-state index is 0.0436. The molecule has 0 radical (unpaired) electrons. The summed E-state index contributed by atoms with van der Waals surface area (Å²) in [5, 5.41) is 4.99. The molecule has 0 bridgehead atoms. The molecule has 1 aliphatic heterocycles. The van der Waals surface area contributed by atoms with Crippen molar-refractivity contribution < 1.29 is 8.42 Å². The predicted octanol–water partition coefficient (Wildman–Crippen LogP) is 7.27. The maximum Gasteiger partial charge on any atom is 0.261 e. The zero-order valence-electron chi connectivity index (χ0n) is 16.7. The molecule has 164 valence electrons. The van der Waals surface area contributed by atoms with E-state index in [0.717, 1.165) is 28.3 Å². The van der Waals surface area contributed by atoms with Crippen molar-refractivity contribution in [2.75, 3.05) is 10.0 Å². The molecule has 3 aromatic carbocycles. The van der Waals surface area contributed by atoms with E-state index in [0.29, 0.717) is 5.02 Å². The first-order chi connectivity index (χ1) is 15.3. The molecule has 0 saturated carbocycles. The highest BCUT2D eigenvalue weighted by Crippen LogP contribution is 2.51. The van der Waals surface area contributed by atoms with Gasteiger partial charge in [-0.3, -0.25) is 4.72 Å². The fraction of sp³-hybridized carbons (Fsp3) is 0.167. The number of hydrogen-bond donors (Lipinski definition) is 2. The molecule has 3 aromatic rings. The Morgan fingerprint density at radius 1 is 0.906 bits per heavy atom. The Hall–Kier alpha value is -2.18. The standard InChI is InChI=1S/C24H19Cl3N2O2S/c25-14-8-10-21(27)23(12-14)29-32(30,31)15-9-11-22-19(13-15)16-5-3-6-17(16)24(28-22)18-4-1-2-7-20(18)26/h1-5,7-13,16-17,24,28-29H,6H2/t16-,17+,24-/m0/s1. The third-order valence-corrected chi connectivity index (χ3v) is 8.33. The summed E-state index contributed by atoms with van der Waals surface area (Å²) >= 11 is 18.6. The van der Waals surface area contributed by atoms with Gasteiger partial charge in [-0.25, -0.2) is 8.42 Å². The van der Waals surface area contributed by atoms with E-state index in [4.69, 9.17) is 34.8 Å². The lowest BCUT2D eigenvalue weighted by molar-refractivity contribution is 0.425. The maximum atomic E-state index is 13.1. The quantitative estimate of drug-likeness (QED) is 0.366. The van der Waals surface area contributed by atoms with Gasteiger partial charge in [-0.1, -0.05) is 65.2 Å². The number of sulfonamides is 1. The zero-order chi connectivity index (χ0) is 22.5. The van der Waals surface area contributed by atoms with Crippen molar-refractivity contribution in [3.05, 3.63) is 99.0 Å². The summed E-state index contributed by atoms with van der Waals surface area (Å²) in [4.78, 5) is 0.171. The van der Waals surface area contributed by atoms with Crippen molar-refractivity contribution >= 4 is 56.2 Å². The molecule has 3 atom stereocenters. The van der Waals surface area contributed by atoms with E-state index in [1.54, 1.807) is 24.3 Å². The first-order valence-electron chi connectivity index (χ1n) is 10.1. The van der Waals surface area contributed by atoms with Crippen molar-refractivity contribution in [2.45, 2.75) is 23.3 Å². The van der Waals surface area contributed by atoms with Crippen LogP contribution in [-0.4, -0.2) is 8.42 Å². The zero-order valence-corrected chi connectivity index (χ0v) is 19.8. The molecule has 32 heavy (non-hydrogen) atoms. The van der Waals surface area contributed by atoms with E-state index in [-0.39, 0.29) is 33.5 Å². The number of allylic oxidation sites excluding steroid dienone is 2. The topological polar surface area (TPSA) is 58.2 Å². The molecule has 0 unspecified atom stereocenters. The predicted molar refractivity (Wildman–Crippen MR) is 132 cm³/mol. The summed E-state index contributed by atoms with van der Waals surface area (Å²) in [6, 6.07) is 17.7. The van der Waals surface area contributed by atoms with Crippen LogP contribution >= 0.6 is 34.8 Å². The lowest BCUT2D eigenvalue weighted by Crippen LogP contribution is -2.29. The van der Waals surface area contributed by atoms with E-state index >= 15 is 0 Å². The molecular weight excluding hydrogens is 487 g/mol. The first kappa shape index (κ1) is 21.7. The highest BCUT2D eigenvalue weighted by molar-refractivity contribution is 7.92. The van der Waals surface area contributed by atoms with E-state index in [1.165, 1.54) is 6.07 Å². The van der Waals surface area contributed by atoms with Crippen LogP contribution in [0.1, 0.15) is 29.5 Å². The Morgan fingerprint density at radius 3 is 2.53 bits per heavy atom. The Balaban J connectivity index is 1.51. The van der Waals surface area contributed by atoms with Crippen molar-refractivity contribution in [3.63, 3.8) is 0 Å². The molecule has 2 N–H and O–H groups in total. The number of fused-ring (bicyclic) bond motifs is 3. The van der Waals surface area contributed by atoms with Crippen LogP contribution in [0, 0.1) is 5.92 Å². The molecule has 0 saturated heterocycles. The van der Waals surface area contributed by atoms with E-state index in [2.05, 4.69) is 22.2 Å². The molecular formula is C24H19Cl3N2O2S. The molecule has 1 heterocycles. The van der Waals surface area contributed by atoms with Crippen molar-refractivity contribution in [2.24, 2.45) is 5.92 Å². The van der Waals surface area contributed by atoms with Crippen LogP contribution in [0.4, 0.5) is 11.4 Å². The lowest BCUT2D eigenvalue weighted by atomic mass is 9.77. The summed E-state index contributed by atoms with van der Waals surface area (Å²) in [5.74, 6) is 0.341. The highest BCUT2D eigenvalue weighted by Gasteiger charge is 2.39. The molecule has 0 fully saturated rings. The molecule has 8 heteroatoms. The summed E-state index contributed by atoms with van der Waals surface area (Å²) in [5.41, 5.74) is 3.15. The third-order valence-electron chi connectivity index (χ3n) is 6.06. The maximum absolute atomic E-state index is 13.1. The molecule has 4 nitrogen and oxygen atoms in total. The fourth-order valence-electron chi connectivity index (χ4n) is 4.55. The van der Waals surface area contributed by atoms with Crippen LogP contribution in [-0.2, 0) is 10.0 Å². The minimum Gasteiger partial charge on any atom is -0.378 e. The highest BCUT2D eigenvalue weighted by atomic mass is 35.5. The van der Waals surface area contributed by atoms with E-state index in [1.807, 2.05) is 30.3 Å². The van der Waals surface area contributed by atoms with Crippen LogP contribution in [0.3, 0.4) is 0 Å². The minimum atomic E-state index is -3.85. The molecule has 0 aromatic heterocycles. The lowest BCUT2D eigenvalue weighted by Gasteiger charge is -2.38. The third kappa shape index (κ3) is 3.88. The number of halogens is 3. The second kappa shape index (κ2) is 8.31. The van der Waals surface area contributed by atoms with Crippen LogP contribution in [0.5, 0.6) is 0 Å². The second-order valence-electron chi connectivity index (χ2n) is 7.98. The van der Waals surface area contributed by atoms with Gasteiger partial charge in [0.1, 0.15) is 0 Å². The molecule has 1 aliphatic carbocycles. The van der Waals surface area contributed by atoms with Crippen LogP contribution in [0.2, 0.25) is 15.1 Å². The van der Waals surface area contributed by atoms with Gasteiger partial charge in [-0.2, -0.15) is 0 Å². The number of benzene rings is 3. The number of nitrogens with one attached hydrogen (secondary N) is 2. The van der Waals surface area contributed by atoms with Crippen molar-refractivity contribution in [3.8, 4) is 0 Å². The average molecular weight is 506 g/mol. The van der Waals surface area contributed by atoms with Gasteiger partial charge in [0.25, 0.3) is 10.0 Å². The summed E-state index contributed by atoms with van der Waals surface area (Å²) in [6.45, 7) is 0. The first-order valence-corrected chi connectivity index (χ1v) is 12.7. The van der Waals surface area contributed by atoms with Crippen LogP contribution in [0.25, 0.3) is 0 Å². The van der Waals surface area contributed by atoms with Gasteiger partial charge in [0, 0.05) is 21.7 Å². The normalized spacial score (nSPS) is 21.5. The van der Waals surface area contributed by atoms with Gasteiger partial charge in [0.05, 0.1) is 21.6 Å². The van der Waals surface area contributed by atoms with E-state index < -0.39 is 10.0 Å². The van der Waals surface area contributed by atoms with E-state index in [9.17, 15) is 8.42 Å². The molecule has 0 spiro atoms. The summed E-state index contributed by atoms with van der Waals surface area (Å²) in [7, 11) is -3.85. The van der Waals surface area contributed by atoms with Crippen molar-refractivity contribution in [1.82, 2.24) is 0 Å². The van der Waals surface area contributed by atoms with Crippen LogP contribution in [0.15, 0.2) is 77.7 Å². The Labute approximate surface area is 202 Å². The van der Waals surface area contributed by atoms with Gasteiger partial charge < -0.3 is 5.32 Å². The Bertz CT molecular complexity index is 1340. The van der Waals surface area contributed by atoms with Gasteiger partial charge >= 0.3 is 0 Å². The van der Waals surface area contributed by atoms with Crippen molar-refractivity contribution in [1.29, 1.82) is 0 Å². The number of hydrogen-bond acceptors (Lipinski definition) is 3. The van der Waals surface area contributed by atoms with Gasteiger partial charge in [0.15, 0.2) is 0 Å². The molecule has 0 amide bonds. The average Bonchev–Trinajstić information content (AvgIpc) is 3.26. The Morgan fingerprint density at radius 2 is 1.72 bits per heavy atom. The molecule has 5 rings (SSSR count). The Kier molecular flexibility index (Phi) is 5.62. The monoisotopic (exact) mass is 504 g/mol.